The second-order valence-corrected chi connectivity index (χ2v) is 4.05. The highest BCUT2D eigenvalue weighted by Crippen LogP contribution is 2.36. The van der Waals surface area contributed by atoms with E-state index in [-0.39, 0.29) is 5.56 Å². The lowest BCUT2D eigenvalue weighted by atomic mass is 10.2. The van der Waals surface area contributed by atoms with E-state index in [9.17, 15) is 15.0 Å². The van der Waals surface area contributed by atoms with Crippen LogP contribution in [0.2, 0.25) is 0 Å². The molecule has 108 valence electrons. The maximum atomic E-state index is 11.5. The van der Waals surface area contributed by atoms with E-state index < -0.39 is 23.3 Å². The van der Waals surface area contributed by atoms with Crippen molar-refractivity contribution in [1.29, 1.82) is 0 Å². The van der Waals surface area contributed by atoms with E-state index >= 15 is 0 Å². The Morgan fingerprint density at radius 3 is 2.43 bits per heavy atom. The van der Waals surface area contributed by atoms with Crippen LogP contribution in [0.15, 0.2) is 47.5 Å². The highest BCUT2D eigenvalue weighted by atomic mass is 16.3. The van der Waals surface area contributed by atoms with Crippen LogP contribution in [0.3, 0.4) is 0 Å². The monoisotopic (exact) mass is 287 g/mol. The maximum absolute atomic E-state index is 11.5. The molecular weight excluding hydrogens is 274 g/mol. The molecule has 21 heavy (non-hydrogen) atoms. The third kappa shape index (κ3) is 3.63. The van der Waals surface area contributed by atoms with Crippen LogP contribution in [0.4, 0.5) is 10.5 Å². The lowest BCUT2D eigenvalue weighted by Crippen LogP contribution is -2.26. The van der Waals surface area contributed by atoms with Crippen LogP contribution in [0.1, 0.15) is 5.56 Å². The van der Waals surface area contributed by atoms with E-state index in [0.717, 1.165) is 6.21 Å². The molecular formula is C14H13N3O4. The van der Waals surface area contributed by atoms with Gasteiger partial charge < -0.3 is 15.3 Å². The minimum Gasteiger partial charge on any atom is -0.504 e. The summed E-state index contributed by atoms with van der Waals surface area (Å²) in [7, 11) is 0. The summed E-state index contributed by atoms with van der Waals surface area (Å²) in [6.45, 7) is 0. The number of amides is 2. The number of aromatic hydroxyl groups is 3. The van der Waals surface area contributed by atoms with E-state index in [2.05, 4.69) is 15.8 Å². The van der Waals surface area contributed by atoms with Gasteiger partial charge in [0.25, 0.3) is 0 Å². The number of hydrogen-bond acceptors (Lipinski definition) is 5. The number of hydrogen-bond donors (Lipinski definition) is 5. The minimum absolute atomic E-state index is 0.0974. The van der Waals surface area contributed by atoms with E-state index in [1.54, 1.807) is 24.3 Å². The van der Waals surface area contributed by atoms with E-state index in [1.807, 2.05) is 6.07 Å². The number of phenols is 3. The molecule has 2 aromatic carbocycles. The Labute approximate surface area is 120 Å². The smallest absolute Gasteiger partial charge is 0.359 e. The number of urea groups is 1. The molecule has 0 atom stereocenters. The first-order valence-corrected chi connectivity index (χ1v) is 5.97. The summed E-state index contributed by atoms with van der Waals surface area (Å²) in [5, 5.41) is 28.0. The van der Waals surface area contributed by atoms with Crippen molar-refractivity contribution in [3.63, 3.8) is 0 Å². The average molecular weight is 287 g/mol. The van der Waals surface area contributed by atoms with Crippen molar-refractivity contribution in [3.8, 4) is 17.2 Å². The molecule has 2 rings (SSSR count). The van der Waals surface area contributed by atoms with Gasteiger partial charge >= 0.3 is 6.03 Å². The molecule has 0 unspecified atom stereocenters. The Bertz CT molecular complexity index is 671. The first-order valence-electron chi connectivity index (χ1n) is 5.97. The SMILES string of the molecule is O=C(/N=C/c1ccc(O)c(O)c1O)NNc1ccccc1. The number of phenolic OH excluding ortho intramolecular Hbond substituents is 3. The van der Waals surface area contributed by atoms with Gasteiger partial charge in [-0.05, 0) is 24.3 Å². The van der Waals surface area contributed by atoms with Gasteiger partial charge in [0.05, 0.1) is 5.69 Å². The van der Waals surface area contributed by atoms with Gasteiger partial charge in [0, 0.05) is 11.8 Å². The van der Waals surface area contributed by atoms with Gasteiger partial charge in [0.2, 0.25) is 5.75 Å². The number of benzene rings is 2. The number of hydrazine groups is 1. The lowest BCUT2D eigenvalue weighted by Gasteiger charge is -2.05. The van der Waals surface area contributed by atoms with Crippen molar-refractivity contribution < 1.29 is 20.1 Å². The van der Waals surface area contributed by atoms with Crippen LogP contribution in [0, 0.1) is 0 Å². The number of nitrogens with zero attached hydrogens (tertiary/aromatic N) is 1. The summed E-state index contributed by atoms with van der Waals surface area (Å²) in [6, 6.07) is 10.8. The van der Waals surface area contributed by atoms with Gasteiger partial charge in [-0.25, -0.2) is 10.2 Å². The Morgan fingerprint density at radius 2 is 1.71 bits per heavy atom. The van der Waals surface area contributed by atoms with E-state index in [0.29, 0.717) is 5.69 Å². The predicted molar refractivity (Wildman–Crippen MR) is 77.6 cm³/mol. The molecule has 0 aliphatic heterocycles. The van der Waals surface area contributed by atoms with E-state index in [1.165, 1.54) is 12.1 Å². The predicted octanol–water partition coefficient (Wildman–Crippen LogP) is 1.96. The third-order valence-corrected chi connectivity index (χ3v) is 2.57. The number of anilines is 1. The van der Waals surface area contributed by atoms with E-state index in [4.69, 9.17) is 5.11 Å². The Hall–Kier alpha value is -3.22. The zero-order valence-corrected chi connectivity index (χ0v) is 10.8. The quantitative estimate of drug-likeness (QED) is 0.336. The lowest BCUT2D eigenvalue weighted by molar-refractivity contribution is 0.251. The fourth-order valence-electron chi connectivity index (χ4n) is 1.50. The summed E-state index contributed by atoms with van der Waals surface area (Å²) in [5.74, 6) is -1.68. The van der Waals surface area contributed by atoms with Gasteiger partial charge in [0.15, 0.2) is 11.5 Å². The van der Waals surface area contributed by atoms with Crippen molar-refractivity contribution in [2.24, 2.45) is 4.99 Å². The van der Waals surface area contributed by atoms with Gasteiger partial charge in [0.1, 0.15) is 0 Å². The summed E-state index contributed by atoms with van der Waals surface area (Å²) in [6.07, 6.45) is 1.07. The topological polar surface area (TPSA) is 114 Å². The standard InChI is InChI=1S/C14H13N3O4/c18-11-7-6-9(12(19)13(11)20)8-15-14(21)17-16-10-4-2-1-3-5-10/h1-8,16,18-20H,(H,17,21)/b15-8+. The Balaban J connectivity index is 1.98. The summed E-state index contributed by atoms with van der Waals surface area (Å²) < 4.78 is 0. The second kappa shape index (κ2) is 6.29. The zero-order valence-electron chi connectivity index (χ0n) is 10.8. The van der Waals surface area contributed by atoms with Crippen molar-refractivity contribution in [3.05, 3.63) is 48.0 Å². The molecule has 0 aliphatic carbocycles. The summed E-state index contributed by atoms with van der Waals surface area (Å²) in [4.78, 5) is 15.0. The van der Waals surface area contributed by atoms with Gasteiger partial charge in [-0.3, -0.25) is 5.43 Å². The van der Waals surface area contributed by atoms with Crippen LogP contribution in [-0.2, 0) is 0 Å². The molecule has 0 bridgehead atoms. The summed E-state index contributed by atoms with van der Waals surface area (Å²) in [5.41, 5.74) is 5.77. The Kier molecular flexibility index (Phi) is 4.25. The second-order valence-electron chi connectivity index (χ2n) is 4.05. The van der Waals surface area contributed by atoms with Crippen molar-refractivity contribution >= 4 is 17.9 Å². The molecule has 0 aliphatic rings. The molecule has 0 fully saturated rings. The third-order valence-electron chi connectivity index (χ3n) is 2.57. The molecule has 7 heteroatoms. The summed E-state index contributed by atoms with van der Waals surface area (Å²) >= 11 is 0. The number of nitrogens with one attached hydrogen (secondary N) is 2. The number of aliphatic imine (C=N–C) groups is 1. The maximum Gasteiger partial charge on any atom is 0.359 e. The van der Waals surface area contributed by atoms with Crippen LogP contribution in [0.5, 0.6) is 17.2 Å². The molecule has 2 amide bonds. The molecule has 5 N–H and O–H groups in total. The van der Waals surface area contributed by atoms with Crippen molar-refractivity contribution in [1.82, 2.24) is 5.43 Å². The molecule has 7 nitrogen and oxygen atoms in total. The van der Waals surface area contributed by atoms with Crippen molar-refractivity contribution in [2.75, 3.05) is 5.43 Å². The highest BCUT2D eigenvalue weighted by Gasteiger charge is 2.09. The number of carbonyl (C=O) groups is 1. The molecule has 0 saturated heterocycles. The zero-order chi connectivity index (χ0) is 15.2. The molecule has 0 saturated carbocycles. The fourth-order valence-corrected chi connectivity index (χ4v) is 1.50. The highest BCUT2D eigenvalue weighted by molar-refractivity contribution is 5.94. The molecule has 2 aromatic rings. The normalized spacial score (nSPS) is 10.5. The fraction of sp³-hybridized carbons (Fsp3) is 0. The average Bonchev–Trinajstić information content (AvgIpc) is 2.51. The van der Waals surface area contributed by atoms with Crippen LogP contribution < -0.4 is 10.9 Å². The molecule has 0 radical (unpaired) electrons. The Morgan fingerprint density at radius 1 is 1.00 bits per heavy atom. The van der Waals surface area contributed by atoms with Gasteiger partial charge in [-0.1, -0.05) is 18.2 Å². The largest absolute Gasteiger partial charge is 0.504 e. The van der Waals surface area contributed by atoms with Crippen LogP contribution >= 0.6 is 0 Å². The minimum atomic E-state index is -0.689. The molecule has 0 spiro atoms. The molecule has 0 aromatic heterocycles. The van der Waals surface area contributed by atoms with Gasteiger partial charge in [-0.2, -0.15) is 4.99 Å². The van der Waals surface area contributed by atoms with Crippen molar-refractivity contribution in [2.45, 2.75) is 0 Å². The van der Waals surface area contributed by atoms with Gasteiger partial charge in [-0.15, -0.1) is 0 Å². The van der Waals surface area contributed by atoms with Crippen LogP contribution in [0.25, 0.3) is 0 Å². The molecule has 0 heterocycles. The van der Waals surface area contributed by atoms with Crippen LogP contribution in [-0.4, -0.2) is 27.6 Å². The first-order chi connectivity index (χ1) is 10.1. The number of para-hydroxylation sites is 1. The first kappa shape index (κ1) is 14.2. The number of rotatable bonds is 3. The number of carbonyl (C=O) groups excluding carboxylic acids is 1.